The van der Waals surface area contributed by atoms with Crippen molar-refractivity contribution in [3.8, 4) is 5.75 Å². The van der Waals surface area contributed by atoms with Crippen LogP contribution in [0, 0.1) is 19.8 Å². The highest BCUT2D eigenvalue weighted by molar-refractivity contribution is 5.76. The molecule has 0 radical (unpaired) electrons. The first kappa shape index (κ1) is 24.0. The van der Waals surface area contributed by atoms with Crippen molar-refractivity contribution in [2.75, 3.05) is 19.8 Å². The molecule has 1 N–H and O–H groups in total. The largest absolute Gasteiger partial charge is 0.493 e. The molecule has 0 atom stereocenters. The highest BCUT2D eigenvalue weighted by Gasteiger charge is 2.11. The quantitative estimate of drug-likeness (QED) is 0.449. The summed E-state index contributed by atoms with van der Waals surface area (Å²) in [6.07, 6.45) is 7.14. The summed E-state index contributed by atoms with van der Waals surface area (Å²) >= 11 is 0. The van der Waals surface area contributed by atoms with Crippen molar-refractivity contribution in [2.45, 2.75) is 60.8 Å². The molecule has 0 aromatic heterocycles. The molecule has 156 valence electrons. The SMILES string of the molecule is CC/C=C(\C=C(/COCC(=O)O)CC(C)C)c1cc(C)c(OCCC)c(C)c1. The summed E-state index contributed by atoms with van der Waals surface area (Å²) in [4.78, 5) is 10.8. The summed E-state index contributed by atoms with van der Waals surface area (Å²) in [5, 5.41) is 8.83. The fourth-order valence-electron chi connectivity index (χ4n) is 3.20. The number of carboxylic acids is 1. The van der Waals surface area contributed by atoms with Crippen LogP contribution in [-0.4, -0.2) is 30.9 Å². The van der Waals surface area contributed by atoms with E-state index in [1.54, 1.807) is 0 Å². The Kier molecular flexibility index (Phi) is 10.6. The second-order valence-corrected chi connectivity index (χ2v) is 7.64. The summed E-state index contributed by atoms with van der Waals surface area (Å²) < 4.78 is 11.3. The van der Waals surface area contributed by atoms with Gasteiger partial charge in [0.1, 0.15) is 12.4 Å². The fourth-order valence-corrected chi connectivity index (χ4v) is 3.20. The van der Waals surface area contributed by atoms with Gasteiger partial charge in [-0.3, -0.25) is 0 Å². The Hall–Kier alpha value is -2.07. The molecule has 0 aliphatic rings. The van der Waals surface area contributed by atoms with Gasteiger partial charge in [-0.1, -0.05) is 39.8 Å². The zero-order valence-corrected chi connectivity index (χ0v) is 18.3. The van der Waals surface area contributed by atoms with E-state index in [4.69, 9.17) is 14.6 Å². The zero-order chi connectivity index (χ0) is 21.1. The van der Waals surface area contributed by atoms with Crippen LogP contribution in [0.25, 0.3) is 5.57 Å². The molecule has 1 aromatic rings. The van der Waals surface area contributed by atoms with Crippen LogP contribution in [0.2, 0.25) is 0 Å². The summed E-state index contributed by atoms with van der Waals surface area (Å²) in [6.45, 7) is 13.5. The lowest BCUT2D eigenvalue weighted by Crippen LogP contribution is -2.10. The van der Waals surface area contributed by atoms with Gasteiger partial charge in [0.2, 0.25) is 0 Å². The van der Waals surface area contributed by atoms with Crippen molar-refractivity contribution >= 4 is 11.5 Å². The molecule has 0 saturated carbocycles. The van der Waals surface area contributed by atoms with Gasteiger partial charge in [0.25, 0.3) is 0 Å². The first-order valence-corrected chi connectivity index (χ1v) is 10.2. The monoisotopic (exact) mass is 388 g/mol. The van der Waals surface area contributed by atoms with Crippen LogP contribution in [0.15, 0.2) is 29.9 Å². The Balaban J connectivity index is 3.20. The molecule has 4 nitrogen and oxygen atoms in total. The first-order valence-electron chi connectivity index (χ1n) is 10.2. The second-order valence-electron chi connectivity index (χ2n) is 7.64. The smallest absolute Gasteiger partial charge is 0.329 e. The molecular weight excluding hydrogens is 352 g/mol. The molecule has 0 amide bonds. The predicted molar refractivity (Wildman–Crippen MR) is 116 cm³/mol. The van der Waals surface area contributed by atoms with E-state index in [1.165, 1.54) is 0 Å². The number of hydrogen-bond acceptors (Lipinski definition) is 3. The Morgan fingerprint density at radius 2 is 1.79 bits per heavy atom. The van der Waals surface area contributed by atoms with Crippen LogP contribution in [-0.2, 0) is 9.53 Å². The normalized spacial score (nSPS) is 12.5. The molecule has 0 spiro atoms. The van der Waals surface area contributed by atoms with Gasteiger partial charge in [-0.15, -0.1) is 0 Å². The number of allylic oxidation sites excluding steroid dienone is 3. The molecule has 0 fully saturated rings. The maximum atomic E-state index is 10.8. The van der Waals surface area contributed by atoms with E-state index < -0.39 is 5.97 Å². The lowest BCUT2D eigenvalue weighted by molar-refractivity contribution is -0.141. The molecule has 4 heteroatoms. The second kappa shape index (κ2) is 12.4. The van der Waals surface area contributed by atoms with E-state index in [-0.39, 0.29) is 6.61 Å². The molecule has 1 rings (SSSR count). The van der Waals surface area contributed by atoms with Crippen molar-refractivity contribution in [3.63, 3.8) is 0 Å². The minimum atomic E-state index is -0.942. The molecule has 28 heavy (non-hydrogen) atoms. The minimum Gasteiger partial charge on any atom is -0.493 e. The molecule has 0 unspecified atom stereocenters. The third-order valence-corrected chi connectivity index (χ3v) is 4.21. The van der Waals surface area contributed by atoms with Crippen LogP contribution in [0.3, 0.4) is 0 Å². The number of ether oxygens (including phenoxy) is 2. The highest BCUT2D eigenvalue weighted by Crippen LogP contribution is 2.30. The molecule has 1 aromatic carbocycles. The zero-order valence-electron chi connectivity index (χ0n) is 18.3. The van der Waals surface area contributed by atoms with E-state index in [0.717, 1.165) is 59.5 Å². The average Bonchev–Trinajstić information content (AvgIpc) is 2.59. The molecule has 0 aliphatic heterocycles. The Morgan fingerprint density at radius 3 is 2.29 bits per heavy atom. The number of aliphatic carboxylic acids is 1. The summed E-state index contributed by atoms with van der Waals surface area (Å²) in [7, 11) is 0. The Morgan fingerprint density at radius 1 is 1.14 bits per heavy atom. The average molecular weight is 389 g/mol. The van der Waals surface area contributed by atoms with E-state index in [1.807, 2.05) is 0 Å². The van der Waals surface area contributed by atoms with Gasteiger partial charge in [-0.25, -0.2) is 4.79 Å². The lowest BCUT2D eigenvalue weighted by atomic mass is 9.95. The number of rotatable bonds is 12. The maximum Gasteiger partial charge on any atom is 0.329 e. The highest BCUT2D eigenvalue weighted by atomic mass is 16.5. The number of carboxylic acid groups (broad SMARTS) is 1. The van der Waals surface area contributed by atoms with Crippen molar-refractivity contribution in [3.05, 3.63) is 46.5 Å². The van der Waals surface area contributed by atoms with Gasteiger partial charge in [0.15, 0.2) is 0 Å². The number of benzene rings is 1. The van der Waals surface area contributed by atoms with Crippen molar-refractivity contribution in [1.29, 1.82) is 0 Å². The molecule has 0 aliphatic carbocycles. The van der Waals surface area contributed by atoms with E-state index in [0.29, 0.717) is 12.5 Å². The number of aryl methyl sites for hydroxylation is 2. The van der Waals surface area contributed by atoms with Crippen molar-refractivity contribution < 1.29 is 19.4 Å². The van der Waals surface area contributed by atoms with Gasteiger partial charge in [0.05, 0.1) is 13.2 Å². The Bertz CT molecular complexity index is 676. The minimum absolute atomic E-state index is 0.274. The van der Waals surface area contributed by atoms with Gasteiger partial charge in [-0.2, -0.15) is 0 Å². The molecule has 0 bridgehead atoms. The molecule has 0 heterocycles. The van der Waals surface area contributed by atoms with Gasteiger partial charge in [-0.05, 0) is 79.0 Å². The third-order valence-electron chi connectivity index (χ3n) is 4.21. The summed E-state index contributed by atoms with van der Waals surface area (Å²) in [5.41, 5.74) is 5.67. The van der Waals surface area contributed by atoms with E-state index in [2.05, 4.69) is 65.8 Å². The first-order chi connectivity index (χ1) is 13.3. The standard InChI is InChI=1S/C24H36O4/c1-7-9-21(14-20(11-17(3)4)15-27-16-23(25)26)22-12-18(5)24(19(6)13-22)28-10-8-2/h9,12-14,17H,7-8,10-11,15-16H2,1-6H3,(H,25,26)/b20-14-,21-9+. The van der Waals surface area contributed by atoms with Crippen molar-refractivity contribution in [1.82, 2.24) is 0 Å². The number of hydrogen-bond donors (Lipinski definition) is 1. The predicted octanol–water partition coefficient (Wildman–Crippen LogP) is 5.96. The van der Waals surface area contributed by atoms with Gasteiger partial charge < -0.3 is 14.6 Å². The number of carbonyl (C=O) groups is 1. The lowest BCUT2D eigenvalue weighted by Gasteiger charge is -2.16. The van der Waals surface area contributed by atoms with E-state index >= 15 is 0 Å². The fraction of sp³-hybridized carbons (Fsp3) is 0.542. The third kappa shape index (κ3) is 8.30. The van der Waals surface area contributed by atoms with Crippen LogP contribution in [0.1, 0.15) is 63.6 Å². The van der Waals surface area contributed by atoms with E-state index in [9.17, 15) is 4.79 Å². The van der Waals surface area contributed by atoms with Gasteiger partial charge in [0, 0.05) is 0 Å². The van der Waals surface area contributed by atoms with Crippen LogP contribution in [0.4, 0.5) is 0 Å². The molecular formula is C24H36O4. The Labute approximate surface area is 170 Å². The van der Waals surface area contributed by atoms with Crippen LogP contribution >= 0.6 is 0 Å². The van der Waals surface area contributed by atoms with Crippen LogP contribution < -0.4 is 4.74 Å². The topological polar surface area (TPSA) is 55.8 Å². The van der Waals surface area contributed by atoms with Gasteiger partial charge >= 0.3 is 5.97 Å². The maximum absolute atomic E-state index is 10.8. The van der Waals surface area contributed by atoms with Crippen molar-refractivity contribution in [2.24, 2.45) is 5.92 Å². The molecule has 0 saturated heterocycles. The summed E-state index contributed by atoms with van der Waals surface area (Å²) in [6, 6.07) is 4.34. The van der Waals surface area contributed by atoms with Crippen LogP contribution in [0.5, 0.6) is 5.75 Å². The summed E-state index contributed by atoms with van der Waals surface area (Å²) in [5.74, 6) is 0.496.